The van der Waals surface area contributed by atoms with Crippen LogP contribution in [-0.2, 0) is 16.2 Å². The van der Waals surface area contributed by atoms with Crippen LogP contribution in [0, 0.1) is 0 Å². The maximum Gasteiger partial charge on any atom is 0.416 e. The molecule has 0 aliphatic rings. The van der Waals surface area contributed by atoms with Gasteiger partial charge in [0.1, 0.15) is 15.7 Å². The van der Waals surface area contributed by atoms with Crippen molar-refractivity contribution in [1.82, 2.24) is 0 Å². The summed E-state index contributed by atoms with van der Waals surface area (Å²) < 4.78 is 66.9. The number of hydrogen-bond acceptors (Lipinski definition) is 3. The van der Waals surface area contributed by atoms with E-state index in [-0.39, 0.29) is 16.1 Å². The van der Waals surface area contributed by atoms with Crippen molar-refractivity contribution < 1.29 is 31.4 Å². The molecule has 1 amide bonds. The number of sulfonamides is 1. The molecule has 2 N–H and O–H groups in total. The number of anilines is 1. The number of aromatic nitrogens is 1. The summed E-state index contributed by atoms with van der Waals surface area (Å²) in [6, 6.07) is 12.0. The molecule has 0 unspecified atom stereocenters. The first kappa shape index (κ1) is 20.3. The Bertz CT molecular complexity index is 1130. The third-order valence-electron chi connectivity index (χ3n) is 3.76. The van der Waals surface area contributed by atoms with Gasteiger partial charge in [0.25, 0.3) is 5.91 Å². The summed E-state index contributed by atoms with van der Waals surface area (Å²) in [5, 5.41) is 2.59. The second-order valence-electron chi connectivity index (χ2n) is 5.89. The fourth-order valence-corrected chi connectivity index (χ4v) is 3.43. The summed E-state index contributed by atoms with van der Waals surface area (Å²) in [6.45, 7) is 0. The Morgan fingerprint density at radius 2 is 1.76 bits per heavy atom. The molecule has 0 radical (unpaired) electrons. The van der Waals surface area contributed by atoms with Crippen LogP contribution in [0.15, 0.2) is 78.0 Å². The molecular weight excluding hydrogens is 407 g/mol. The van der Waals surface area contributed by atoms with Crippen molar-refractivity contribution in [3.63, 3.8) is 0 Å². The number of rotatable bonds is 5. The number of hydrogen-bond donors (Lipinski definition) is 1. The largest absolute Gasteiger partial charge is 0.573 e. The molecule has 0 fully saturated rings. The van der Waals surface area contributed by atoms with E-state index in [2.05, 4.69) is 15.0 Å². The van der Waals surface area contributed by atoms with Crippen LogP contribution < -0.4 is 10.3 Å². The molecule has 10 heteroatoms. The molecule has 0 spiro atoms. The summed E-state index contributed by atoms with van der Waals surface area (Å²) in [5.41, 5.74) is -0.857. The molecular formula is C19H14F3N3O3S. The quantitative estimate of drug-likeness (QED) is 0.670. The number of H-pyrrole nitrogens is 1. The fourth-order valence-electron chi connectivity index (χ4n) is 2.40. The number of benzene rings is 2. The first-order chi connectivity index (χ1) is 13.6. The molecule has 1 aromatic heterocycles. The lowest BCUT2D eigenvalue weighted by atomic mass is 10.2. The van der Waals surface area contributed by atoms with Crippen LogP contribution in [0.3, 0.4) is 0 Å². The van der Waals surface area contributed by atoms with Gasteiger partial charge >= 0.3 is 6.18 Å². The van der Waals surface area contributed by atoms with Crippen LogP contribution in [-0.4, -0.2) is 14.3 Å². The highest BCUT2D eigenvalue weighted by Gasteiger charge is 2.29. The minimum atomic E-state index is -4.62. The van der Waals surface area contributed by atoms with Crippen LogP contribution in [0.2, 0.25) is 0 Å². The molecule has 150 valence electrons. The average molecular weight is 421 g/mol. The van der Waals surface area contributed by atoms with Crippen molar-refractivity contribution in [3.05, 3.63) is 88.9 Å². The molecule has 1 heterocycles. The van der Waals surface area contributed by atoms with Crippen LogP contribution in [0.25, 0.3) is 4.72 Å². The predicted octanol–water partition coefficient (Wildman–Crippen LogP) is 4.17. The first-order valence-corrected chi connectivity index (χ1v) is 9.62. The number of carbonyl (C=O) groups excluding carboxylic acids is 1. The normalized spacial score (nSPS) is 11.7. The van der Waals surface area contributed by atoms with E-state index in [1.807, 2.05) is 0 Å². The van der Waals surface area contributed by atoms with Gasteiger partial charge in [0.05, 0.1) is 10.5 Å². The topological polar surface area (TPSA) is 91.5 Å². The molecule has 0 saturated heterocycles. The minimum absolute atomic E-state index is 0.0502. The summed E-state index contributed by atoms with van der Waals surface area (Å²) in [6.07, 6.45) is -1.43. The molecule has 2 aromatic carbocycles. The van der Waals surface area contributed by atoms with E-state index in [0.29, 0.717) is 11.8 Å². The van der Waals surface area contributed by atoms with Gasteiger partial charge in [0.15, 0.2) is 12.4 Å². The van der Waals surface area contributed by atoms with Crippen LogP contribution in [0.5, 0.6) is 0 Å². The Kier molecular flexibility index (Phi) is 5.55. The maximum atomic E-state index is 12.8. The second-order valence-corrected chi connectivity index (χ2v) is 7.49. The van der Waals surface area contributed by atoms with Crippen molar-refractivity contribution in [2.24, 2.45) is 0 Å². The molecule has 6 nitrogen and oxygen atoms in total. The Balaban J connectivity index is 1.83. The van der Waals surface area contributed by atoms with Crippen molar-refractivity contribution in [2.75, 3.05) is 5.32 Å². The Morgan fingerprint density at radius 1 is 1.00 bits per heavy atom. The lowest BCUT2D eigenvalue weighted by molar-refractivity contribution is -0.377. The average Bonchev–Trinajstić information content (AvgIpc) is 2.68. The number of alkyl halides is 3. The number of carbonyl (C=O) groups is 1. The Hall–Kier alpha value is -3.40. The second kappa shape index (κ2) is 7.92. The third kappa shape index (κ3) is 5.11. The highest BCUT2D eigenvalue weighted by atomic mass is 32.2. The number of pyridine rings is 1. The van der Waals surface area contributed by atoms with E-state index in [0.717, 1.165) is 24.3 Å². The SMILES string of the molecule is O=C(Nc1ccc[nH+]c1)c1cccc(S(=O)(=O)[N-]c2cccc(C(F)(F)F)c2)c1. The number of aromatic amines is 1. The molecule has 3 aromatic rings. The van der Waals surface area contributed by atoms with Gasteiger partial charge in [-0.25, -0.2) is 13.4 Å². The fraction of sp³-hybridized carbons (Fsp3) is 0.0526. The maximum absolute atomic E-state index is 12.8. The Labute approximate surface area is 164 Å². The summed E-state index contributed by atoms with van der Waals surface area (Å²) >= 11 is 0. The van der Waals surface area contributed by atoms with Gasteiger partial charge in [-0.2, -0.15) is 13.2 Å². The summed E-state index contributed by atoms with van der Waals surface area (Å²) in [7, 11) is -4.33. The number of nitrogens with one attached hydrogen (secondary N) is 2. The standard InChI is InChI=1S/C19H13F3N3O3S/c20-19(21,22)14-5-2-6-15(11-14)25-29(27,28)17-8-1-4-13(10-17)18(26)24-16-7-3-9-23-12-16/h1-12H,(H,24,26)/q-1/p+1. The molecule has 29 heavy (non-hydrogen) atoms. The van der Waals surface area contributed by atoms with E-state index < -0.39 is 27.7 Å². The minimum Gasteiger partial charge on any atom is -0.573 e. The van der Waals surface area contributed by atoms with Crippen molar-refractivity contribution in [2.45, 2.75) is 11.1 Å². The first-order valence-electron chi connectivity index (χ1n) is 8.18. The van der Waals surface area contributed by atoms with Crippen molar-refractivity contribution >= 4 is 27.3 Å². The van der Waals surface area contributed by atoms with Crippen LogP contribution in [0.4, 0.5) is 24.5 Å². The van der Waals surface area contributed by atoms with Gasteiger partial charge in [-0.3, -0.25) is 4.79 Å². The van der Waals surface area contributed by atoms with E-state index in [4.69, 9.17) is 0 Å². The number of amides is 1. The zero-order valence-electron chi connectivity index (χ0n) is 14.6. The molecule has 0 aliphatic carbocycles. The molecule has 0 bridgehead atoms. The van der Waals surface area contributed by atoms with E-state index >= 15 is 0 Å². The molecule has 3 rings (SSSR count). The molecule has 0 saturated carbocycles. The van der Waals surface area contributed by atoms with E-state index in [1.165, 1.54) is 18.2 Å². The molecule has 0 aliphatic heterocycles. The van der Waals surface area contributed by atoms with E-state index in [1.54, 1.807) is 24.5 Å². The summed E-state index contributed by atoms with van der Waals surface area (Å²) in [4.78, 5) is 14.8. The van der Waals surface area contributed by atoms with Crippen molar-refractivity contribution in [3.8, 4) is 0 Å². The third-order valence-corrected chi connectivity index (χ3v) is 5.06. The smallest absolute Gasteiger partial charge is 0.416 e. The molecule has 0 atom stereocenters. The van der Waals surface area contributed by atoms with Gasteiger partial charge in [0, 0.05) is 11.6 Å². The summed E-state index contributed by atoms with van der Waals surface area (Å²) in [5.74, 6) is -0.555. The van der Waals surface area contributed by atoms with Crippen molar-refractivity contribution in [1.29, 1.82) is 0 Å². The Morgan fingerprint density at radius 3 is 2.45 bits per heavy atom. The lowest BCUT2D eigenvalue weighted by Gasteiger charge is -2.23. The van der Waals surface area contributed by atoms with Gasteiger partial charge in [0.2, 0.25) is 0 Å². The van der Waals surface area contributed by atoms with Gasteiger partial charge in [-0.15, -0.1) is 5.69 Å². The monoisotopic (exact) mass is 421 g/mol. The van der Waals surface area contributed by atoms with E-state index in [9.17, 15) is 26.4 Å². The highest BCUT2D eigenvalue weighted by Crippen LogP contribution is 2.35. The number of halogens is 3. The van der Waals surface area contributed by atoms with Gasteiger partial charge in [-0.05, 0) is 24.3 Å². The zero-order chi connectivity index (χ0) is 21.1. The number of nitrogens with zero attached hydrogens (tertiary/aromatic N) is 1. The van der Waals surface area contributed by atoms with Crippen LogP contribution in [0.1, 0.15) is 15.9 Å². The zero-order valence-corrected chi connectivity index (χ0v) is 15.5. The van der Waals surface area contributed by atoms with Gasteiger partial charge in [-0.1, -0.05) is 30.3 Å². The van der Waals surface area contributed by atoms with Gasteiger partial charge < -0.3 is 10.0 Å². The predicted molar refractivity (Wildman–Crippen MR) is 99.0 cm³/mol. The van der Waals surface area contributed by atoms with Crippen LogP contribution >= 0.6 is 0 Å². The highest BCUT2D eigenvalue weighted by molar-refractivity contribution is 7.94. The lowest BCUT2D eigenvalue weighted by Crippen LogP contribution is -2.14.